The summed E-state index contributed by atoms with van der Waals surface area (Å²) in [5, 5.41) is 11.3. The molecule has 90 valence electrons. The first-order chi connectivity index (χ1) is 7.74. The van der Waals surface area contributed by atoms with Crippen molar-refractivity contribution >= 4 is 0 Å². The van der Waals surface area contributed by atoms with Crippen molar-refractivity contribution in [2.75, 3.05) is 7.05 Å². The van der Waals surface area contributed by atoms with E-state index >= 15 is 0 Å². The largest absolute Gasteiger partial charge is 0.421 e. The third-order valence-electron chi connectivity index (χ3n) is 3.02. The van der Waals surface area contributed by atoms with Crippen LogP contribution in [0.5, 0.6) is 0 Å². The molecular formula is C11H19N3O2. The van der Waals surface area contributed by atoms with Crippen molar-refractivity contribution in [2.45, 2.75) is 51.4 Å². The van der Waals surface area contributed by atoms with E-state index in [0.717, 1.165) is 19.3 Å². The normalized spacial score (nSPS) is 27.2. The lowest BCUT2D eigenvalue weighted by Gasteiger charge is -2.08. The number of rotatable bonds is 4. The zero-order valence-electron chi connectivity index (χ0n) is 10.1. The fraction of sp³-hybridized carbons (Fsp3) is 0.818. The van der Waals surface area contributed by atoms with E-state index in [-0.39, 0.29) is 12.1 Å². The molecule has 2 rings (SSSR count). The Labute approximate surface area is 95.6 Å². The highest BCUT2D eigenvalue weighted by molar-refractivity contribution is 4.93. The summed E-state index contributed by atoms with van der Waals surface area (Å²) in [7, 11) is 1.90. The maximum atomic E-state index is 5.69. The van der Waals surface area contributed by atoms with Crippen molar-refractivity contribution in [1.29, 1.82) is 0 Å². The number of ether oxygens (including phenoxy) is 1. The molecule has 2 heterocycles. The summed E-state index contributed by atoms with van der Waals surface area (Å²) in [6, 6.07) is 0.139. The fourth-order valence-electron chi connectivity index (χ4n) is 2.00. The Bertz CT molecular complexity index is 336. The molecule has 0 aromatic carbocycles. The highest BCUT2D eigenvalue weighted by atomic mass is 16.5. The molecule has 5 heteroatoms. The molecule has 0 saturated carbocycles. The van der Waals surface area contributed by atoms with Gasteiger partial charge in [-0.15, -0.1) is 10.2 Å². The number of nitrogens with zero attached hydrogens (tertiary/aromatic N) is 2. The molecule has 3 atom stereocenters. The average molecular weight is 225 g/mol. The zero-order chi connectivity index (χ0) is 11.5. The Morgan fingerprint density at radius 3 is 2.81 bits per heavy atom. The van der Waals surface area contributed by atoms with E-state index < -0.39 is 0 Å². The standard InChI is InChI=1S/C11H19N3O2/c1-4-8(12-3)10-13-14-11(16-10)9-6-5-7(2)15-9/h7-9,12H,4-6H2,1-3H3. The van der Waals surface area contributed by atoms with Crippen LogP contribution in [0.15, 0.2) is 4.42 Å². The lowest BCUT2D eigenvalue weighted by Crippen LogP contribution is -2.15. The highest BCUT2D eigenvalue weighted by Gasteiger charge is 2.28. The SMILES string of the molecule is CCC(NC)c1nnc(C2CCC(C)O2)o1. The first-order valence-corrected chi connectivity index (χ1v) is 5.90. The van der Waals surface area contributed by atoms with Crippen molar-refractivity contribution in [2.24, 2.45) is 0 Å². The Hall–Kier alpha value is -0.940. The molecule has 1 fully saturated rings. The lowest BCUT2D eigenvalue weighted by molar-refractivity contribution is 0.0380. The van der Waals surface area contributed by atoms with Crippen molar-refractivity contribution < 1.29 is 9.15 Å². The van der Waals surface area contributed by atoms with Gasteiger partial charge in [0, 0.05) is 0 Å². The van der Waals surface area contributed by atoms with E-state index in [1.165, 1.54) is 0 Å². The molecule has 0 bridgehead atoms. The molecule has 0 radical (unpaired) electrons. The van der Waals surface area contributed by atoms with E-state index in [1.54, 1.807) is 0 Å². The molecule has 1 aliphatic rings. The number of nitrogens with one attached hydrogen (secondary N) is 1. The highest BCUT2D eigenvalue weighted by Crippen LogP contribution is 2.32. The Morgan fingerprint density at radius 2 is 2.25 bits per heavy atom. The van der Waals surface area contributed by atoms with Gasteiger partial charge in [0.05, 0.1) is 12.1 Å². The molecule has 1 aromatic heterocycles. The van der Waals surface area contributed by atoms with Gasteiger partial charge in [0.25, 0.3) is 0 Å². The lowest BCUT2D eigenvalue weighted by atomic mass is 10.2. The molecular weight excluding hydrogens is 206 g/mol. The number of hydrogen-bond acceptors (Lipinski definition) is 5. The average Bonchev–Trinajstić information content (AvgIpc) is 2.89. The molecule has 0 amide bonds. The monoisotopic (exact) mass is 225 g/mol. The summed E-state index contributed by atoms with van der Waals surface area (Å²) < 4.78 is 11.3. The van der Waals surface area contributed by atoms with Crippen molar-refractivity contribution in [1.82, 2.24) is 15.5 Å². The van der Waals surface area contributed by atoms with Gasteiger partial charge in [-0.1, -0.05) is 6.92 Å². The molecule has 1 aliphatic heterocycles. The minimum Gasteiger partial charge on any atom is -0.421 e. The van der Waals surface area contributed by atoms with Crippen LogP contribution >= 0.6 is 0 Å². The summed E-state index contributed by atoms with van der Waals surface area (Å²) in [6.07, 6.45) is 3.25. The minimum atomic E-state index is -0.00869. The van der Waals surface area contributed by atoms with Crippen LogP contribution < -0.4 is 5.32 Å². The topological polar surface area (TPSA) is 60.2 Å². The molecule has 0 aliphatic carbocycles. The van der Waals surface area contributed by atoms with Gasteiger partial charge >= 0.3 is 0 Å². The van der Waals surface area contributed by atoms with Crippen LogP contribution in [-0.4, -0.2) is 23.3 Å². The van der Waals surface area contributed by atoms with E-state index in [9.17, 15) is 0 Å². The summed E-state index contributed by atoms with van der Waals surface area (Å²) >= 11 is 0. The molecule has 5 nitrogen and oxygen atoms in total. The third-order valence-corrected chi connectivity index (χ3v) is 3.02. The summed E-state index contributed by atoms with van der Waals surface area (Å²) in [5.74, 6) is 1.27. The van der Waals surface area contributed by atoms with Gasteiger partial charge in [0.2, 0.25) is 11.8 Å². The third kappa shape index (κ3) is 2.25. The molecule has 1 aromatic rings. The van der Waals surface area contributed by atoms with Gasteiger partial charge in [0.1, 0.15) is 6.10 Å². The summed E-state index contributed by atoms with van der Waals surface area (Å²) in [5.41, 5.74) is 0. The van der Waals surface area contributed by atoms with E-state index in [0.29, 0.717) is 17.9 Å². The van der Waals surface area contributed by atoms with E-state index in [2.05, 4.69) is 29.4 Å². The van der Waals surface area contributed by atoms with Crippen molar-refractivity contribution in [3.63, 3.8) is 0 Å². The number of aromatic nitrogens is 2. The Kier molecular flexibility index (Phi) is 3.56. The maximum Gasteiger partial charge on any atom is 0.245 e. The van der Waals surface area contributed by atoms with E-state index in [4.69, 9.17) is 9.15 Å². The van der Waals surface area contributed by atoms with Crippen LogP contribution in [0.4, 0.5) is 0 Å². The van der Waals surface area contributed by atoms with Gasteiger partial charge < -0.3 is 14.5 Å². The first-order valence-electron chi connectivity index (χ1n) is 5.90. The van der Waals surface area contributed by atoms with Gasteiger partial charge in [-0.3, -0.25) is 0 Å². The summed E-state index contributed by atoms with van der Waals surface area (Å²) in [4.78, 5) is 0. The molecule has 1 N–H and O–H groups in total. The predicted octanol–water partition coefficient (Wildman–Crippen LogP) is 1.98. The zero-order valence-corrected chi connectivity index (χ0v) is 10.1. The van der Waals surface area contributed by atoms with Crippen molar-refractivity contribution in [3.8, 4) is 0 Å². The molecule has 0 spiro atoms. The smallest absolute Gasteiger partial charge is 0.245 e. The van der Waals surface area contributed by atoms with Crippen LogP contribution in [0.1, 0.15) is 57.0 Å². The summed E-state index contributed by atoms with van der Waals surface area (Å²) in [6.45, 7) is 4.15. The second-order valence-electron chi connectivity index (χ2n) is 4.24. The Balaban J connectivity index is 2.07. The van der Waals surface area contributed by atoms with Crippen LogP contribution in [0.25, 0.3) is 0 Å². The Morgan fingerprint density at radius 1 is 1.44 bits per heavy atom. The van der Waals surface area contributed by atoms with Crippen LogP contribution in [-0.2, 0) is 4.74 Å². The fourth-order valence-corrected chi connectivity index (χ4v) is 2.00. The van der Waals surface area contributed by atoms with Gasteiger partial charge in [0.15, 0.2) is 0 Å². The molecule has 3 unspecified atom stereocenters. The quantitative estimate of drug-likeness (QED) is 0.849. The first kappa shape index (κ1) is 11.5. The second kappa shape index (κ2) is 4.93. The van der Waals surface area contributed by atoms with Gasteiger partial charge in [-0.2, -0.15) is 0 Å². The van der Waals surface area contributed by atoms with Gasteiger partial charge in [-0.25, -0.2) is 0 Å². The van der Waals surface area contributed by atoms with E-state index in [1.807, 2.05) is 7.05 Å². The van der Waals surface area contributed by atoms with Crippen LogP contribution in [0.2, 0.25) is 0 Å². The molecule has 1 saturated heterocycles. The van der Waals surface area contributed by atoms with Crippen molar-refractivity contribution in [3.05, 3.63) is 11.8 Å². The van der Waals surface area contributed by atoms with Gasteiger partial charge in [-0.05, 0) is 33.2 Å². The van der Waals surface area contributed by atoms with Crippen LogP contribution in [0, 0.1) is 0 Å². The minimum absolute atomic E-state index is 0.00869. The molecule has 16 heavy (non-hydrogen) atoms. The van der Waals surface area contributed by atoms with Crippen LogP contribution in [0.3, 0.4) is 0 Å². The predicted molar refractivity (Wildman–Crippen MR) is 58.9 cm³/mol. The number of hydrogen-bond donors (Lipinski definition) is 1. The maximum absolute atomic E-state index is 5.69. The second-order valence-corrected chi connectivity index (χ2v) is 4.24.